The van der Waals surface area contributed by atoms with Crippen LogP contribution in [0, 0.1) is 5.82 Å². The summed E-state index contributed by atoms with van der Waals surface area (Å²) in [6, 6.07) is 4.62. The summed E-state index contributed by atoms with van der Waals surface area (Å²) in [4.78, 5) is 7.76. The number of nitrogens with two attached hydrogens (primary N) is 1. The van der Waals surface area contributed by atoms with Crippen molar-refractivity contribution in [2.24, 2.45) is 0 Å². The average Bonchev–Trinajstić information content (AvgIpc) is 2.28. The zero-order valence-electron chi connectivity index (χ0n) is 8.11. The van der Waals surface area contributed by atoms with E-state index in [0.29, 0.717) is 5.82 Å². The summed E-state index contributed by atoms with van der Waals surface area (Å²) in [5.74, 6) is -0.0558. The lowest BCUT2D eigenvalue weighted by molar-refractivity contribution is 0.632. The summed E-state index contributed by atoms with van der Waals surface area (Å²) >= 11 is 5.64. The van der Waals surface area contributed by atoms with Crippen molar-refractivity contribution in [1.29, 1.82) is 0 Å². The van der Waals surface area contributed by atoms with Gasteiger partial charge in [-0.15, -0.1) is 0 Å². The minimum Gasteiger partial charge on any atom is -0.381 e. The summed E-state index contributed by atoms with van der Waals surface area (Å²) in [6.45, 7) is 0. The van der Waals surface area contributed by atoms with Crippen molar-refractivity contribution < 1.29 is 4.39 Å². The third kappa shape index (κ3) is 2.04. The van der Waals surface area contributed by atoms with E-state index in [1.165, 1.54) is 24.5 Å². The highest BCUT2D eigenvalue weighted by molar-refractivity contribution is 6.31. The van der Waals surface area contributed by atoms with Crippen LogP contribution in [0.15, 0.2) is 30.6 Å². The number of nitrogens with one attached hydrogen (secondary N) is 1. The molecule has 1 heterocycles. The fourth-order valence-corrected chi connectivity index (χ4v) is 1.35. The summed E-state index contributed by atoms with van der Waals surface area (Å²) in [6.07, 6.45) is 2.91. The molecule has 0 spiro atoms. The molecular weight excluding hydrogens is 231 g/mol. The molecular formula is C10H8ClFN4. The summed E-state index contributed by atoms with van der Waals surface area (Å²) in [5.41, 5.74) is 5.77. The molecule has 0 aliphatic rings. The van der Waals surface area contributed by atoms with E-state index in [4.69, 9.17) is 17.3 Å². The third-order valence-electron chi connectivity index (χ3n) is 1.93. The second-order valence-corrected chi connectivity index (χ2v) is 3.42. The zero-order chi connectivity index (χ0) is 11.5. The molecule has 0 bridgehead atoms. The first kappa shape index (κ1) is 10.6. The van der Waals surface area contributed by atoms with Crippen LogP contribution in [-0.4, -0.2) is 9.97 Å². The van der Waals surface area contributed by atoms with E-state index in [2.05, 4.69) is 15.3 Å². The third-order valence-corrected chi connectivity index (χ3v) is 2.22. The Balaban J connectivity index is 2.35. The van der Waals surface area contributed by atoms with Crippen molar-refractivity contribution in [3.05, 3.63) is 41.4 Å². The first-order valence-electron chi connectivity index (χ1n) is 4.46. The molecule has 16 heavy (non-hydrogen) atoms. The summed E-state index contributed by atoms with van der Waals surface area (Å²) in [5, 5.41) is 2.76. The number of aromatic nitrogens is 2. The van der Waals surface area contributed by atoms with E-state index in [0.717, 1.165) is 0 Å². The molecule has 4 nitrogen and oxygen atoms in total. The van der Waals surface area contributed by atoms with Crippen molar-refractivity contribution in [2.45, 2.75) is 0 Å². The van der Waals surface area contributed by atoms with Crippen molar-refractivity contribution >= 4 is 28.9 Å². The highest BCUT2D eigenvalue weighted by Gasteiger charge is 2.08. The molecule has 0 amide bonds. The van der Waals surface area contributed by atoms with Gasteiger partial charge in [-0.1, -0.05) is 17.7 Å². The average molecular weight is 239 g/mol. The van der Waals surface area contributed by atoms with Gasteiger partial charge >= 0.3 is 0 Å². The highest BCUT2D eigenvalue weighted by atomic mass is 35.5. The zero-order valence-corrected chi connectivity index (χ0v) is 8.87. The molecule has 82 valence electrons. The molecule has 0 radical (unpaired) electrons. The van der Waals surface area contributed by atoms with Gasteiger partial charge < -0.3 is 11.1 Å². The molecule has 0 fully saturated rings. The minimum absolute atomic E-state index is 0.0347. The number of anilines is 3. The van der Waals surface area contributed by atoms with Crippen LogP contribution in [-0.2, 0) is 0 Å². The fourth-order valence-electron chi connectivity index (χ4n) is 1.17. The first-order chi connectivity index (χ1) is 7.68. The largest absolute Gasteiger partial charge is 0.381 e. The molecule has 6 heteroatoms. The van der Waals surface area contributed by atoms with Crippen LogP contribution in [0.3, 0.4) is 0 Å². The maximum Gasteiger partial charge on any atom is 0.173 e. The number of halogens is 2. The van der Waals surface area contributed by atoms with Crippen LogP contribution in [0.25, 0.3) is 0 Å². The van der Waals surface area contributed by atoms with Gasteiger partial charge in [-0.2, -0.15) is 0 Å². The van der Waals surface area contributed by atoms with E-state index in [1.54, 1.807) is 6.07 Å². The molecule has 2 rings (SSSR count). The maximum absolute atomic E-state index is 13.5. The Hall–Kier alpha value is -1.88. The van der Waals surface area contributed by atoms with Crippen molar-refractivity contribution in [3.63, 3.8) is 0 Å². The Morgan fingerprint density at radius 2 is 2.00 bits per heavy atom. The topological polar surface area (TPSA) is 63.8 Å². The van der Waals surface area contributed by atoms with Crippen LogP contribution < -0.4 is 11.1 Å². The van der Waals surface area contributed by atoms with Gasteiger partial charge in [-0.3, -0.25) is 0 Å². The van der Waals surface area contributed by atoms with Crippen LogP contribution >= 0.6 is 11.6 Å². The SMILES string of the molecule is Nc1nccnc1Nc1cccc(Cl)c1F. The van der Waals surface area contributed by atoms with E-state index in [9.17, 15) is 4.39 Å². The second kappa shape index (κ2) is 4.32. The van der Waals surface area contributed by atoms with E-state index < -0.39 is 5.82 Å². The van der Waals surface area contributed by atoms with Gasteiger partial charge in [0.25, 0.3) is 0 Å². The lowest BCUT2D eigenvalue weighted by Crippen LogP contribution is -2.02. The number of nitrogen functional groups attached to an aromatic ring is 1. The van der Waals surface area contributed by atoms with Crippen molar-refractivity contribution in [2.75, 3.05) is 11.1 Å². The molecule has 0 aliphatic heterocycles. The lowest BCUT2D eigenvalue weighted by Gasteiger charge is -2.08. The molecule has 0 saturated heterocycles. The molecule has 0 unspecified atom stereocenters. The number of hydrogen-bond donors (Lipinski definition) is 2. The number of benzene rings is 1. The Labute approximate surface area is 96.3 Å². The Kier molecular flexibility index (Phi) is 2.87. The number of rotatable bonds is 2. The Morgan fingerprint density at radius 3 is 2.75 bits per heavy atom. The standard InChI is InChI=1S/C10H8ClFN4/c11-6-2-1-3-7(8(6)12)16-10-9(13)14-4-5-15-10/h1-5H,(H2,13,14)(H,15,16). The summed E-state index contributed by atoms with van der Waals surface area (Å²) < 4.78 is 13.5. The number of hydrogen-bond acceptors (Lipinski definition) is 4. The monoisotopic (exact) mass is 238 g/mol. The van der Waals surface area contributed by atoms with Crippen LogP contribution in [0.1, 0.15) is 0 Å². The quantitative estimate of drug-likeness (QED) is 0.844. The van der Waals surface area contributed by atoms with Gasteiger partial charge in [0.05, 0.1) is 10.7 Å². The highest BCUT2D eigenvalue weighted by Crippen LogP contribution is 2.25. The molecule has 1 aromatic heterocycles. The maximum atomic E-state index is 13.5. The summed E-state index contributed by atoms with van der Waals surface area (Å²) in [7, 11) is 0. The van der Waals surface area contributed by atoms with Gasteiger partial charge in [0.2, 0.25) is 0 Å². The molecule has 1 aromatic carbocycles. The molecule has 0 saturated carbocycles. The van der Waals surface area contributed by atoms with Gasteiger partial charge in [0.15, 0.2) is 17.5 Å². The van der Waals surface area contributed by atoms with E-state index >= 15 is 0 Å². The fraction of sp³-hybridized carbons (Fsp3) is 0. The van der Waals surface area contributed by atoms with Crippen LogP contribution in [0.2, 0.25) is 5.02 Å². The van der Waals surface area contributed by atoms with Crippen molar-refractivity contribution in [1.82, 2.24) is 9.97 Å². The Bertz CT molecular complexity index is 518. The van der Waals surface area contributed by atoms with Gasteiger partial charge in [0.1, 0.15) is 0 Å². The van der Waals surface area contributed by atoms with Crippen LogP contribution in [0.4, 0.5) is 21.7 Å². The Morgan fingerprint density at radius 1 is 1.25 bits per heavy atom. The molecule has 0 aliphatic carbocycles. The van der Waals surface area contributed by atoms with Gasteiger partial charge in [-0.05, 0) is 12.1 Å². The second-order valence-electron chi connectivity index (χ2n) is 3.02. The predicted molar refractivity (Wildman–Crippen MR) is 61.1 cm³/mol. The number of nitrogens with zero attached hydrogens (tertiary/aromatic N) is 2. The van der Waals surface area contributed by atoms with E-state index in [-0.39, 0.29) is 16.5 Å². The smallest absolute Gasteiger partial charge is 0.173 e. The lowest BCUT2D eigenvalue weighted by atomic mass is 10.3. The van der Waals surface area contributed by atoms with Crippen molar-refractivity contribution in [3.8, 4) is 0 Å². The first-order valence-corrected chi connectivity index (χ1v) is 4.84. The molecule has 3 N–H and O–H groups in total. The predicted octanol–water partition coefficient (Wildman–Crippen LogP) is 2.59. The van der Waals surface area contributed by atoms with Crippen LogP contribution in [0.5, 0.6) is 0 Å². The van der Waals surface area contributed by atoms with Gasteiger partial charge in [-0.25, -0.2) is 14.4 Å². The van der Waals surface area contributed by atoms with E-state index in [1.807, 2.05) is 0 Å². The normalized spacial score (nSPS) is 10.1. The molecule has 2 aromatic rings. The van der Waals surface area contributed by atoms with Gasteiger partial charge in [0, 0.05) is 12.4 Å². The minimum atomic E-state index is -0.547. The molecule has 0 atom stereocenters.